The molecule has 2 N–H and O–H groups in total. The molecule has 3 aromatic carbocycles. The monoisotopic (exact) mass is 450 g/mol. The maximum atomic E-state index is 14.2. The number of benzene rings is 3. The van der Waals surface area contributed by atoms with Crippen molar-refractivity contribution in [1.29, 1.82) is 0 Å². The number of hydrogen-bond donors (Lipinski definition) is 2. The minimum atomic E-state index is -1.10. The normalized spacial score (nSPS) is 11.2. The highest BCUT2D eigenvalue weighted by Gasteiger charge is 2.22. The van der Waals surface area contributed by atoms with Crippen LogP contribution in [0.2, 0.25) is 0 Å². The molecule has 0 aliphatic heterocycles. The number of ether oxygens (including phenoxy) is 1. The van der Waals surface area contributed by atoms with Gasteiger partial charge in [0.2, 0.25) is 0 Å². The number of carbonyl (C=O) groups is 1. The third-order valence-electron chi connectivity index (χ3n) is 4.90. The van der Waals surface area contributed by atoms with E-state index in [1.54, 1.807) is 31.2 Å². The predicted octanol–water partition coefficient (Wildman–Crippen LogP) is 5.64. The summed E-state index contributed by atoms with van der Waals surface area (Å²) >= 11 is 0. The standard InChI is InChI=1S/C25H16F2O6/c1-13-10-15(26)5-8-17(13)23-24(18-11-19(27)20(28)12-21(18)33-25(23)31)32-16-6-2-14(3-7-16)4-9-22(29)30/h2-12,28H,1H3,(H,29,30)/b9-4+. The molecule has 0 spiro atoms. The number of halogens is 2. The van der Waals surface area contributed by atoms with Crippen molar-refractivity contribution in [2.75, 3.05) is 0 Å². The Morgan fingerprint density at radius 2 is 1.79 bits per heavy atom. The lowest BCUT2D eigenvalue weighted by Gasteiger charge is -2.15. The van der Waals surface area contributed by atoms with Crippen LogP contribution in [0.4, 0.5) is 8.78 Å². The van der Waals surface area contributed by atoms with Crippen LogP contribution >= 0.6 is 0 Å². The molecule has 0 unspecified atom stereocenters. The smallest absolute Gasteiger partial charge is 0.348 e. The first-order chi connectivity index (χ1) is 15.7. The molecule has 1 aromatic heterocycles. The van der Waals surface area contributed by atoms with E-state index in [0.717, 1.165) is 18.2 Å². The van der Waals surface area contributed by atoms with Gasteiger partial charge in [-0.05, 0) is 60.0 Å². The van der Waals surface area contributed by atoms with E-state index < -0.39 is 29.0 Å². The topological polar surface area (TPSA) is 97.0 Å². The summed E-state index contributed by atoms with van der Waals surface area (Å²) in [7, 11) is 0. The number of carboxylic acid groups (broad SMARTS) is 1. The van der Waals surface area contributed by atoms with Crippen LogP contribution in [0.5, 0.6) is 17.2 Å². The van der Waals surface area contributed by atoms with Crippen molar-refractivity contribution in [2.24, 2.45) is 0 Å². The Balaban J connectivity index is 1.91. The van der Waals surface area contributed by atoms with Crippen molar-refractivity contribution < 1.29 is 32.9 Å². The number of rotatable bonds is 5. The fraction of sp³-hybridized carbons (Fsp3) is 0.0400. The Hall–Kier alpha value is -4.46. The summed E-state index contributed by atoms with van der Waals surface area (Å²) in [6.07, 6.45) is 2.38. The van der Waals surface area contributed by atoms with Gasteiger partial charge in [0, 0.05) is 12.1 Å². The minimum Gasteiger partial charge on any atom is -0.505 e. The largest absolute Gasteiger partial charge is 0.505 e. The minimum absolute atomic E-state index is 0.0383. The zero-order valence-corrected chi connectivity index (χ0v) is 17.1. The van der Waals surface area contributed by atoms with Gasteiger partial charge < -0.3 is 19.4 Å². The van der Waals surface area contributed by atoms with Gasteiger partial charge in [0.1, 0.15) is 22.7 Å². The van der Waals surface area contributed by atoms with E-state index in [0.29, 0.717) is 16.7 Å². The highest BCUT2D eigenvalue weighted by atomic mass is 19.1. The second kappa shape index (κ2) is 8.58. The first-order valence-corrected chi connectivity index (χ1v) is 9.67. The molecule has 0 saturated heterocycles. The number of hydrogen-bond acceptors (Lipinski definition) is 5. The van der Waals surface area contributed by atoms with Crippen LogP contribution in [0.15, 0.2) is 69.9 Å². The van der Waals surface area contributed by atoms with E-state index in [4.69, 9.17) is 14.3 Å². The Morgan fingerprint density at radius 1 is 1.06 bits per heavy atom. The molecule has 0 aliphatic rings. The molecular weight excluding hydrogens is 434 g/mol. The Bertz CT molecular complexity index is 1470. The lowest BCUT2D eigenvalue weighted by molar-refractivity contribution is -0.131. The number of phenolic OH excluding ortho intramolecular Hbond substituents is 1. The van der Waals surface area contributed by atoms with Crippen molar-refractivity contribution in [3.63, 3.8) is 0 Å². The van der Waals surface area contributed by atoms with Gasteiger partial charge in [-0.3, -0.25) is 0 Å². The third kappa shape index (κ3) is 4.45. The Kier molecular flexibility index (Phi) is 5.66. The summed E-state index contributed by atoms with van der Waals surface area (Å²) in [5.41, 5.74) is 0.391. The van der Waals surface area contributed by atoms with E-state index in [-0.39, 0.29) is 28.0 Å². The van der Waals surface area contributed by atoms with Crippen molar-refractivity contribution >= 4 is 23.0 Å². The van der Waals surface area contributed by atoms with E-state index in [9.17, 15) is 23.5 Å². The molecule has 0 aliphatic carbocycles. The summed E-state index contributed by atoms with van der Waals surface area (Å²) in [5, 5.41) is 18.5. The van der Waals surface area contributed by atoms with Crippen molar-refractivity contribution in [3.05, 3.63) is 93.9 Å². The maximum absolute atomic E-state index is 14.2. The molecule has 0 radical (unpaired) electrons. The average molecular weight is 450 g/mol. The molecule has 8 heteroatoms. The fourth-order valence-corrected chi connectivity index (χ4v) is 3.36. The van der Waals surface area contributed by atoms with Crippen molar-refractivity contribution in [3.8, 4) is 28.4 Å². The molecule has 0 bridgehead atoms. The second-order valence-electron chi connectivity index (χ2n) is 7.20. The molecule has 0 saturated carbocycles. The SMILES string of the molecule is Cc1cc(F)ccc1-c1c(Oc2ccc(/C=C/C(=O)O)cc2)c2cc(F)c(O)cc2oc1=O. The molecule has 4 aromatic rings. The van der Waals surface area contributed by atoms with E-state index >= 15 is 0 Å². The van der Waals surface area contributed by atoms with E-state index in [2.05, 4.69) is 0 Å². The van der Waals surface area contributed by atoms with Gasteiger partial charge in [0.25, 0.3) is 0 Å². The van der Waals surface area contributed by atoms with Crippen LogP contribution in [-0.4, -0.2) is 16.2 Å². The van der Waals surface area contributed by atoms with Gasteiger partial charge in [-0.2, -0.15) is 0 Å². The quantitative estimate of drug-likeness (QED) is 0.302. The summed E-state index contributed by atoms with van der Waals surface area (Å²) in [6, 6.07) is 12.0. The zero-order chi connectivity index (χ0) is 23.7. The molecular formula is C25H16F2O6. The summed E-state index contributed by atoms with van der Waals surface area (Å²) in [5.74, 6) is -3.01. The Morgan fingerprint density at radius 3 is 2.45 bits per heavy atom. The van der Waals surface area contributed by atoms with Crippen LogP contribution in [0.25, 0.3) is 28.2 Å². The molecule has 6 nitrogen and oxygen atoms in total. The van der Waals surface area contributed by atoms with Gasteiger partial charge in [0.15, 0.2) is 17.3 Å². The van der Waals surface area contributed by atoms with Crippen LogP contribution in [0, 0.1) is 18.6 Å². The molecule has 166 valence electrons. The number of fused-ring (bicyclic) bond motifs is 1. The first-order valence-electron chi connectivity index (χ1n) is 9.67. The van der Waals surface area contributed by atoms with Crippen LogP contribution in [-0.2, 0) is 4.79 Å². The molecule has 1 heterocycles. The van der Waals surface area contributed by atoms with Crippen molar-refractivity contribution in [2.45, 2.75) is 6.92 Å². The Labute approximate surface area is 185 Å². The number of aryl methyl sites for hydroxylation is 1. The molecule has 4 rings (SSSR count). The molecule has 33 heavy (non-hydrogen) atoms. The number of aromatic hydroxyl groups is 1. The van der Waals surface area contributed by atoms with Gasteiger partial charge >= 0.3 is 11.6 Å². The molecule has 0 atom stereocenters. The lowest BCUT2D eigenvalue weighted by atomic mass is 9.99. The predicted molar refractivity (Wildman–Crippen MR) is 117 cm³/mol. The number of carboxylic acids is 1. The van der Waals surface area contributed by atoms with Gasteiger partial charge in [-0.1, -0.05) is 18.2 Å². The number of phenols is 1. The van der Waals surface area contributed by atoms with E-state index in [1.807, 2.05) is 0 Å². The highest BCUT2D eigenvalue weighted by Crippen LogP contribution is 2.40. The van der Waals surface area contributed by atoms with Gasteiger partial charge in [-0.15, -0.1) is 0 Å². The lowest BCUT2D eigenvalue weighted by Crippen LogP contribution is -2.07. The molecule has 0 fully saturated rings. The number of aliphatic carboxylic acids is 1. The van der Waals surface area contributed by atoms with E-state index in [1.165, 1.54) is 24.3 Å². The summed E-state index contributed by atoms with van der Waals surface area (Å²) in [6.45, 7) is 1.60. The van der Waals surface area contributed by atoms with Crippen LogP contribution < -0.4 is 10.4 Å². The van der Waals surface area contributed by atoms with Crippen molar-refractivity contribution in [1.82, 2.24) is 0 Å². The average Bonchev–Trinajstić information content (AvgIpc) is 2.76. The fourth-order valence-electron chi connectivity index (χ4n) is 3.36. The summed E-state index contributed by atoms with van der Waals surface area (Å²) in [4.78, 5) is 23.6. The zero-order valence-electron chi connectivity index (χ0n) is 17.1. The molecule has 0 amide bonds. The van der Waals surface area contributed by atoms with Crippen LogP contribution in [0.3, 0.4) is 0 Å². The first kappa shape index (κ1) is 21.8. The second-order valence-corrected chi connectivity index (χ2v) is 7.20. The van der Waals surface area contributed by atoms with Gasteiger partial charge in [-0.25, -0.2) is 18.4 Å². The third-order valence-corrected chi connectivity index (χ3v) is 4.90. The highest BCUT2D eigenvalue weighted by molar-refractivity contribution is 5.92. The van der Waals surface area contributed by atoms with Gasteiger partial charge in [0.05, 0.1) is 5.39 Å². The summed E-state index contributed by atoms with van der Waals surface area (Å²) < 4.78 is 39.1. The maximum Gasteiger partial charge on any atom is 0.348 e. The van der Waals surface area contributed by atoms with Crippen LogP contribution in [0.1, 0.15) is 11.1 Å².